The van der Waals surface area contributed by atoms with Crippen LogP contribution >= 0.6 is 11.3 Å². The van der Waals surface area contributed by atoms with Crippen molar-refractivity contribution in [3.05, 3.63) is 34.0 Å². The van der Waals surface area contributed by atoms with E-state index in [1.165, 1.54) is 17.7 Å². The van der Waals surface area contributed by atoms with E-state index in [4.69, 9.17) is 0 Å². The van der Waals surface area contributed by atoms with E-state index in [1.54, 1.807) is 0 Å². The summed E-state index contributed by atoms with van der Waals surface area (Å²) in [6.07, 6.45) is 2.29. The first kappa shape index (κ1) is 10.8. The number of rotatable bonds is 4. The van der Waals surface area contributed by atoms with Crippen LogP contribution in [-0.4, -0.2) is 21.1 Å². The number of thiophene rings is 1. The third-order valence-corrected chi connectivity index (χ3v) is 3.17. The van der Waals surface area contributed by atoms with Crippen molar-refractivity contribution in [3.63, 3.8) is 0 Å². The number of nitrogens with zero attached hydrogens (tertiary/aromatic N) is 2. The van der Waals surface area contributed by atoms with Crippen molar-refractivity contribution in [1.29, 1.82) is 0 Å². The van der Waals surface area contributed by atoms with E-state index in [-0.39, 0.29) is 5.91 Å². The summed E-state index contributed by atoms with van der Waals surface area (Å²) in [7, 11) is 0. The number of amides is 1. The molecule has 1 amide bonds. The Morgan fingerprint density at radius 1 is 1.62 bits per heavy atom. The van der Waals surface area contributed by atoms with E-state index in [1.807, 2.05) is 18.4 Å². The van der Waals surface area contributed by atoms with Gasteiger partial charge < -0.3 is 5.32 Å². The van der Waals surface area contributed by atoms with E-state index in [9.17, 15) is 4.79 Å². The molecule has 0 unspecified atom stereocenters. The van der Waals surface area contributed by atoms with E-state index >= 15 is 0 Å². The molecule has 0 radical (unpaired) electrons. The minimum atomic E-state index is -0.0525. The van der Waals surface area contributed by atoms with Crippen LogP contribution in [0.5, 0.6) is 0 Å². The Labute approximate surface area is 96.9 Å². The van der Waals surface area contributed by atoms with Crippen molar-refractivity contribution >= 4 is 17.2 Å². The molecule has 0 spiro atoms. The highest BCUT2D eigenvalue weighted by molar-refractivity contribution is 7.12. The Bertz CT molecular complexity index is 463. The van der Waals surface area contributed by atoms with Crippen LogP contribution in [0.25, 0.3) is 0 Å². The highest BCUT2D eigenvalue weighted by atomic mass is 32.1. The van der Waals surface area contributed by atoms with Gasteiger partial charge in [0.15, 0.2) is 0 Å². The molecule has 0 saturated heterocycles. The highest BCUT2D eigenvalue weighted by Crippen LogP contribution is 2.16. The predicted octanol–water partition coefficient (Wildman–Crippen LogP) is 1.36. The fourth-order valence-electron chi connectivity index (χ4n) is 1.37. The first-order valence-corrected chi connectivity index (χ1v) is 5.88. The molecular weight excluding hydrogens is 224 g/mol. The number of hydrogen-bond acceptors (Lipinski definition) is 4. The highest BCUT2D eigenvalue weighted by Gasteiger charge is 2.11. The summed E-state index contributed by atoms with van der Waals surface area (Å²) in [5.74, 6) is 0.603. The first-order chi connectivity index (χ1) is 7.81. The van der Waals surface area contributed by atoms with Crippen LogP contribution in [0.2, 0.25) is 0 Å². The van der Waals surface area contributed by atoms with Crippen molar-refractivity contribution < 1.29 is 4.79 Å². The molecule has 0 aromatic carbocycles. The molecule has 0 aliphatic heterocycles. The van der Waals surface area contributed by atoms with Gasteiger partial charge in [0.25, 0.3) is 5.91 Å². The molecule has 5 nitrogen and oxygen atoms in total. The predicted molar refractivity (Wildman–Crippen MR) is 61.2 cm³/mol. The van der Waals surface area contributed by atoms with E-state index in [2.05, 4.69) is 20.5 Å². The summed E-state index contributed by atoms with van der Waals surface area (Å²) >= 11 is 1.46. The summed E-state index contributed by atoms with van der Waals surface area (Å²) in [5, 5.41) is 11.1. The smallest absolute Gasteiger partial charge is 0.262 e. The maximum atomic E-state index is 11.8. The van der Waals surface area contributed by atoms with Gasteiger partial charge in [-0.25, -0.2) is 4.98 Å². The summed E-state index contributed by atoms with van der Waals surface area (Å²) in [6, 6.07) is 1.98. The van der Waals surface area contributed by atoms with Gasteiger partial charge in [0.05, 0.1) is 11.4 Å². The lowest BCUT2D eigenvalue weighted by Gasteiger charge is -2.02. The molecule has 0 fully saturated rings. The normalized spacial score (nSPS) is 10.3. The number of carbonyl (C=O) groups excluding carboxylic acids is 1. The van der Waals surface area contributed by atoms with Crippen molar-refractivity contribution in [2.45, 2.75) is 19.9 Å². The van der Waals surface area contributed by atoms with Crippen LogP contribution in [0.15, 0.2) is 17.8 Å². The summed E-state index contributed by atoms with van der Waals surface area (Å²) in [4.78, 5) is 16.5. The van der Waals surface area contributed by atoms with Crippen LogP contribution in [0, 0.1) is 0 Å². The lowest BCUT2D eigenvalue weighted by atomic mass is 10.2. The maximum absolute atomic E-state index is 11.8. The summed E-state index contributed by atoms with van der Waals surface area (Å²) < 4.78 is 0. The van der Waals surface area contributed by atoms with E-state index < -0.39 is 0 Å². The maximum Gasteiger partial charge on any atom is 0.262 e. The SMILES string of the molecule is CCc1ccsc1C(=O)NCc1ncn[nH]1. The fraction of sp³-hybridized carbons (Fsp3) is 0.300. The molecule has 0 saturated carbocycles. The zero-order valence-electron chi connectivity index (χ0n) is 8.86. The number of nitrogens with one attached hydrogen (secondary N) is 2. The molecule has 0 bridgehead atoms. The van der Waals surface area contributed by atoms with Crippen molar-refractivity contribution in [3.8, 4) is 0 Å². The van der Waals surface area contributed by atoms with Gasteiger partial charge in [-0.3, -0.25) is 9.89 Å². The molecule has 0 aliphatic carbocycles. The van der Waals surface area contributed by atoms with Gasteiger partial charge in [-0.1, -0.05) is 6.92 Å². The average molecular weight is 236 g/mol. The molecule has 16 heavy (non-hydrogen) atoms. The van der Waals surface area contributed by atoms with Gasteiger partial charge in [0.2, 0.25) is 0 Å². The van der Waals surface area contributed by atoms with Gasteiger partial charge in [-0.15, -0.1) is 11.3 Å². The topological polar surface area (TPSA) is 70.7 Å². The largest absolute Gasteiger partial charge is 0.344 e. The third kappa shape index (κ3) is 2.27. The molecule has 0 atom stereocenters. The lowest BCUT2D eigenvalue weighted by molar-refractivity contribution is 0.0953. The van der Waals surface area contributed by atoms with Crippen LogP contribution in [0.3, 0.4) is 0 Å². The Morgan fingerprint density at radius 3 is 3.19 bits per heavy atom. The monoisotopic (exact) mass is 236 g/mol. The van der Waals surface area contributed by atoms with Crippen molar-refractivity contribution in [2.75, 3.05) is 0 Å². The molecule has 2 aromatic heterocycles. The molecule has 0 aliphatic rings. The zero-order valence-corrected chi connectivity index (χ0v) is 9.67. The van der Waals surface area contributed by atoms with Crippen LogP contribution in [0.4, 0.5) is 0 Å². The van der Waals surface area contributed by atoms with Crippen LogP contribution in [-0.2, 0) is 13.0 Å². The molecule has 2 heterocycles. The van der Waals surface area contributed by atoms with Gasteiger partial charge in [-0.05, 0) is 23.4 Å². The Kier molecular flexibility index (Phi) is 3.31. The number of aryl methyl sites for hydroxylation is 1. The van der Waals surface area contributed by atoms with Crippen LogP contribution in [0.1, 0.15) is 28.0 Å². The zero-order chi connectivity index (χ0) is 11.4. The van der Waals surface area contributed by atoms with Crippen molar-refractivity contribution in [1.82, 2.24) is 20.5 Å². The quantitative estimate of drug-likeness (QED) is 0.842. The fourth-order valence-corrected chi connectivity index (χ4v) is 2.28. The molecule has 2 aromatic rings. The van der Waals surface area contributed by atoms with Crippen molar-refractivity contribution in [2.24, 2.45) is 0 Å². The Morgan fingerprint density at radius 2 is 2.50 bits per heavy atom. The average Bonchev–Trinajstić information content (AvgIpc) is 2.96. The van der Waals surface area contributed by atoms with Gasteiger partial charge >= 0.3 is 0 Å². The van der Waals surface area contributed by atoms with Gasteiger partial charge in [-0.2, -0.15) is 5.10 Å². The summed E-state index contributed by atoms with van der Waals surface area (Å²) in [5.41, 5.74) is 1.08. The number of H-pyrrole nitrogens is 1. The minimum absolute atomic E-state index is 0.0525. The third-order valence-electron chi connectivity index (χ3n) is 2.22. The lowest BCUT2D eigenvalue weighted by Crippen LogP contribution is -2.23. The first-order valence-electron chi connectivity index (χ1n) is 5.00. The number of aromatic amines is 1. The molecule has 6 heteroatoms. The summed E-state index contributed by atoms with van der Waals surface area (Å²) in [6.45, 7) is 2.41. The van der Waals surface area contributed by atoms with Gasteiger partial charge in [0.1, 0.15) is 12.2 Å². The second kappa shape index (κ2) is 4.89. The van der Waals surface area contributed by atoms with E-state index in [0.29, 0.717) is 12.4 Å². The Balaban J connectivity index is 1.98. The Hall–Kier alpha value is -1.69. The van der Waals surface area contributed by atoms with Gasteiger partial charge in [0, 0.05) is 0 Å². The molecular formula is C10H12N4OS. The molecule has 2 rings (SSSR count). The minimum Gasteiger partial charge on any atom is -0.344 e. The van der Waals surface area contributed by atoms with Crippen LogP contribution < -0.4 is 5.32 Å². The number of carbonyl (C=O) groups is 1. The molecule has 2 N–H and O–H groups in total. The molecule has 84 valence electrons. The second-order valence-electron chi connectivity index (χ2n) is 3.24. The van der Waals surface area contributed by atoms with E-state index in [0.717, 1.165) is 16.9 Å². The second-order valence-corrected chi connectivity index (χ2v) is 4.16. The standard InChI is InChI=1S/C10H12N4OS/c1-2-7-3-4-16-9(7)10(15)11-5-8-12-6-13-14-8/h3-4,6H,2,5H2,1H3,(H,11,15)(H,12,13,14). The number of hydrogen-bond donors (Lipinski definition) is 2. The number of aromatic nitrogens is 3.